The lowest BCUT2D eigenvalue weighted by Gasteiger charge is -2.25. The topological polar surface area (TPSA) is 79.7 Å². The van der Waals surface area contributed by atoms with Crippen LogP contribution >= 0.6 is 0 Å². The Morgan fingerprint density at radius 3 is 2.71 bits per heavy atom. The molecule has 3 rings (SSSR count). The Morgan fingerprint density at radius 2 is 2.04 bits per heavy atom. The number of nitrogens with zero attached hydrogens (tertiary/aromatic N) is 1. The zero-order valence-electron chi connectivity index (χ0n) is 16.3. The number of piperidine rings is 1. The van der Waals surface area contributed by atoms with Crippen LogP contribution in [0.3, 0.4) is 0 Å². The number of fused-ring (bicyclic) bond motifs is 1. The van der Waals surface area contributed by atoms with Crippen LogP contribution in [0.5, 0.6) is 5.75 Å². The molecule has 1 aromatic carbocycles. The average molecular weight is 382 g/mol. The second-order valence-corrected chi connectivity index (χ2v) is 7.41. The Morgan fingerprint density at radius 1 is 1.29 bits per heavy atom. The number of rotatable bonds is 8. The number of carbonyl (C=O) groups excluding carboxylic acids is 2. The predicted octanol–water partition coefficient (Wildman–Crippen LogP) is 3.49. The van der Waals surface area contributed by atoms with E-state index in [9.17, 15) is 9.59 Å². The minimum atomic E-state index is -0.473. The highest BCUT2D eigenvalue weighted by Gasteiger charge is 2.64. The van der Waals surface area contributed by atoms with Crippen LogP contribution in [0.4, 0.5) is 0 Å². The van der Waals surface area contributed by atoms with Crippen molar-refractivity contribution in [3.8, 4) is 5.75 Å². The summed E-state index contributed by atoms with van der Waals surface area (Å²) < 4.78 is 10.7. The average Bonchev–Trinajstić information content (AvgIpc) is 3.25. The molecule has 2 unspecified atom stereocenters. The number of allylic oxidation sites excluding steroid dienone is 3. The Kier molecular flexibility index (Phi) is 5.97. The highest BCUT2D eigenvalue weighted by molar-refractivity contribution is 5.87. The first-order chi connectivity index (χ1) is 13.5. The van der Waals surface area contributed by atoms with Crippen molar-refractivity contribution in [3.05, 3.63) is 54.3 Å². The second-order valence-electron chi connectivity index (χ2n) is 7.41. The van der Waals surface area contributed by atoms with Gasteiger partial charge in [-0.1, -0.05) is 37.3 Å². The lowest BCUT2D eigenvalue weighted by Crippen LogP contribution is -2.43. The van der Waals surface area contributed by atoms with Gasteiger partial charge < -0.3 is 19.8 Å². The Bertz CT molecular complexity index is 802. The van der Waals surface area contributed by atoms with Crippen LogP contribution in [0.25, 0.3) is 0 Å². The zero-order chi connectivity index (χ0) is 20.1. The minimum Gasteiger partial charge on any atom is -0.464 e. The van der Waals surface area contributed by atoms with Gasteiger partial charge in [-0.15, -0.1) is 0 Å². The van der Waals surface area contributed by atoms with Gasteiger partial charge in [-0.2, -0.15) is 0 Å². The van der Waals surface area contributed by atoms with Crippen LogP contribution in [0, 0.1) is 10.8 Å². The van der Waals surface area contributed by atoms with E-state index in [1.165, 1.54) is 0 Å². The third-order valence-corrected chi connectivity index (χ3v) is 5.29. The number of amides is 1. The van der Waals surface area contributed by atoms with Gasteiger partial charge in [-0.05, 0) is 43.4 Å². The van der Waals surface area contributed by atoms with Gasteiger partial charge in [-0.3, -0.25) is 4.79 Å². The van der Waals surface area contributed by atoms with Crippen molar-refractivity contribution in [1.82, 2.24) is 4.90 Å². The Balaban J connectivity index is 1.59. The van der Waals surface area contributed by atoms with E-state index in [1.54, 1.807) is 42.2 Å². The van der Waals surface area contributed by atoms with Gasteiger partial charge in [0, 0.05) is 12.5 Å². The van der Waals surface area contributed by atoms with Crippen LogP contribution in [0.1, 0.15) is 33.1 Å². The molecule has 1 saturated heterocycles. The van der Waals surface area contributed by atoms with E-state index in [0.29, 0.717) is 24.5 Å². The number of carbonyl (C=O) groups is 2. The van der Waals surface area contributed by atoms with Crippen LogP contribution in [-0.4, -0.2) is 41.7 Å². The number of hydrogen-bond donors (Lipinski definition) is 1. The van der Waals surface area contributed by atoms with E-state index in [2.05, 4.69) is 6.92 Å². The number of para-hydroxylation sites is 1. The molecule has 1 aliphatic heterocycles. The first kappa shape index (κ1) is 19.9. The smallest absolute Gasteiger partial charge is 0.328 e. The fourth-order valence-electron chi connectivity index (χ4n) is 3.75. The third kappa shape index (κ3) is 4.32. The summed E-state index contributed by atoms with van der Waals surface area (Å²) in [6, 6.07) is 8.87. The summed E-state index contributed by atoms with van der Waals surface area (Å²) in [5, 5.41) is 7.45. The molecule has 1 aliphatic carbocycles. The van der Waals surface area contributed by atoms with Gasteiger partial charge in [0.05, 0.1) is 12.8 Å². The summed E-state index contributed by atoms with van der Waals surface area (Å²) in [7, 11) is 0. The van der Waals surface area contributed by atoms with E-state index in [4.69, 9.17) is 14.9 Å². The summed E-state index contributed by atoms with van der Waals surface area (Å²) in [4.78, 5) is 26.6. The number of benzene rings is 1. The molecule has 1 saturated carbocycles. The SMILES string of the molecule is CCOC(=O)C1C[C@]2(C)CC2N1C(=O)C/C=C/C=C(\C=N)Oc1ccccc1. The molecule has 2 fully saturated rings. The van der Waals surface area contributed by atoms with E-state index in [1.807, 2.05) is 18.2 Å². The third-order valence-electron chi connectivity index (χ3n) is 5.29. The highest BCUT2D eigenvalue weighted by atomic mass is 16.5. The molecule has 0 spiro atoms. The molecule has 1 heterocycles. The first-order valence-corrected chi connectivity index (χ1v) is 9.56. The lowest BCUT2D eigenvalue weighted by molar-refractivity contribution is -0.153. The molecule has 6 nitrogen and oxygen atoms in total. The number of nitrogens with one attached hydrogen (secondary N) is 1. The van der Waals surface area contributed by atoms with E-state index in [-0.39, 0.29) is 29.8 Å². The monoisotopic (exact) mass is 382 g/mol. The van der Waals surface area contributed by atoms with Crippen LogP contribution in [-0.2, 0) is 14.3 Å². The fourth-order valence-corrected chi connectivity index (χ4v) is 3.75. The van der Waals surface area contributed by atoms with Crippen molar-refractivity contribution in [3.63, 3.8) is 0 Å². The summed E-state index contributed by atoms with van der Waals surface area (Å²) in [5.74, 6) is 0.629. The largest absolute Gasteiger partial charge is 0.464 e. The standard InChI is InChI=1S/C22H26N2O4/c1-3-27-21(26)18-13-22(2)14-19(22)24(18)20(25)12-8-7-11-17(15-23)28-16-9-5-4-6-10-16/h4-11,15,18-19,23H,3,12-14H2,1-2H3/b8-7+,17-11+,23-15?/t18?,19?,22-/m1/s1. The van der Waals surface area contributed by atoms with Crippen LogP contribution in [0.2, 0.25) is 0 Å². The fraction of sp³-hybridized carbons (Fsp3) is 0.409. The molecule has 1 aromatic rings. The number of likely N-dealkylation sites (tertiary alicyclic amines) is 1. The quantitative estimate of drug-likeness (QED) is 0.323. The van der Waals surface area contributed by atoms with Crippen molar-refractivity contribution in [2.24, 2.45) is 5.41 Å². The molecule has 6 heteroatoms. The van der Waals surface area contributed by atoms with Gasteiger partial charge in [-0.25, -0.2) is 4.79 Å². The zero-order valence-corrected chi connectivity index (χ0v) is 16.3. The van der Waals surface area contributed by atoms with Crippen molar-refractivity contribution < 1.29 is 19.1 Å². The van der Waals surface area contributed by atoms with Crippen LogP contribution in [0.15, 0.2) is 54.3 Å². The number of ether oxygens (including phenoxy) is 2. The van der Waals surface area contributed by atoms with Crippen molar-refractivity contribution >= 4 is 18.1 Å². The summed E-state index contributed by atoms with van der Waals surface area (Å²) in [6.07, 6.45) is 7.99. The molecule has 0 aromatic heterocycles. The molecule has 148 valence electrons. The van der Waals surface area contributed by atoms with Gasteiger partial charge in [0.2, 0.25) is 5.91 Å². The predicted molar refractivity (Wildman–Crippen MR) is 106 cm³/mol. The molecule has 28 heavy (non-hydrogen) atoms. The summed E-state index contributed by atoms with van der Waals surface area (Å²) in [6.45, 7) is 4.21. The molecule has 3 atom stereocenters. The second kappa shape index (κ2) is 8.42. The van der Waals surface area contributed by atoms with Crippen molar-refractivity contribution in [2.75, 3.05) is 6.61 Å². The minimum absolute atomic E-state index is 0.0492. The van der Waals surface area contributed by atoms with E-state index < -0.39 is 6.04 Å². The van der Waals surface area contributed by atoms with Gasteiger partial charge in [0.1, 0.15) is 17.6 Å². The van der Waals surface area contributed by atoms with Gasteiger partial charge in [0.15, 0.2) is 0 Å². The Hall–Kier alpha value is -2.89. The normalized spacial score (nSPS) is 26.1. The molecule has 1 amide bonds. The summed E-state index contributed by atoms with van der Waals surface area (Å²) >= 11 is 0. The van der Waals surface area contributed by atoms with E-state index >= 15 is 0 Å². The maximum absolute atomic E-state index is 12.7. The lowest BCUT2D eigenvalue weighted by atomic mass is 10.0. The van der Waals surface area contributed by atoms with Gasteiger partial charge in [0.25, 0.3) is 0 Å². The number of esters is 1. The van der Waals surface area contributed by atoms with Crippen molar-refractivity contribution in [1.29, 1.82) is 5.41 Å². The Labute approximate surface area is 165 Å². The molecule has 0 radical (unpaired) electrons. The maximum Gasteiger partial charge on any atom is 0.328 e. The van der Waals surface area contributed by atoms with E-state index in [0.717, 1.165) is 12.6 Å². The van der Waals surface area contributed by atoms with Crippen LogP contribution < -0.4 is 4.74 Å². The molecule has 1 N–H and O–H groups in total. The maximum atomic E-state index is 12.7. The number of hydrogen-bond acceptors (Lipinski definition) is 5. The first-order valence-electron chi connectivity index (χ1n) is 9.56. The molecular weight excluding hydrogens is 356 g/mol. The molecule has 0 bridgehead atoms. The van der Waals surface area contributed by atoms with Gasteiger partial charge >= 0.3 is 5.97 Å². The molecular formula is C22H26N2O4. The molecule has 2 aliphatic rings. The summed E-state index contributed by atoms with van der Waals surface area (Å²) in [5.41, 5.74) is 0.0492. The van der Waals surface area contributed by atoms with Crippen molar-refractivity contribution in [2.45, 2.75) is 45.2 Å². The highest BCUT2D eigenvalue weighted by Crippen LogP contribution is 2.59.